The number of hydrogen-bond donors (Lipinski definition) is 2. The van der Waals surface area contributed by atoms with Crippen LogP contribution in [0, 0.1) is 6.92 Å². The van der Waals surface area contributed by atoms with Crippen molar-refractivity contribution in [1.82, 2.24) is 28.9 Å². The smallest absolute Gasteiger partial charge is 0.270 e. The van der Waals surface area contributed by atoms with Crippen LogP contribution in [-0.2, 0) is 0 Å². The quantitative estimate of drug-likeness (QED) is 0.274. The largest absolute Gasteiger partial charge is 0.365 e. The van der Waals surface area contributed by atoms with Crippen molar-refractivity contribution in [3.05, 3.63) is 87.1 Å². The molecule has 2 aromatic carbocycles. The number of aryl methyl sites for hydroxylation is 1. The third-order valence-electron chi connectivity index (χ3n) is 5.83. The van der Waals surface area contributed by atoms with E-state index in [1.807, 2.05) is 38.2 Å². The predicted octanol–water partition coefficient (Wildman–Crippen LogP) is 5.95. The summed E-state index contributed by atoms with van der Waals surface area (Å²) in [5.41, 5.74) is 3.24. The van der Waals surface area contributed by atoms with Crippen LogP contribution in [0.25, 0.3) is 32.9 Å². The fourth-order valence-electron chi connectivity index (χ4n) is 4.11. The van der Waals surface area contributed by atoms with Gasteiger partial charge in [0.15, 0.2) is 10.8 Å². The molecule has 6 rings (SSSR count). The third-order valence-corrected chi connectivity index (χ3v) is 7.66. The Kier molecular flexibility index (Phi) is 5.79. The Hall–Kier alpha value is -3.99. The Morgan fingerprint density at radius 3 is 2.46 bits per heavy atom. The molecule has 4 heterocycles. The average molecular weight is 549 g/mol. The zero-order valence-electron chi connectivity index (χ0n) is 19.5. The van der Waals surface area contributed by atoms with Crippen LogP contribution in [0.4, 0.5) is 16.8 Å². The lowest BCUT2D eigenvalue weighted by Gasteiger charge is -2.13. The number of nitrogens with one attached hydrogen (secondary N) is 2. The molecular formula is C25H18Cl2N8OS. The fraction of sp³-hybridized carbons (Fsp3) is 0.0800. The van der Waals surface area contributed by atoms with Crippen LogP contribution >= 0.6 is 34.5 Å². The second kappa shape index (κ2) is 9.15. The van der Waals surface area contributed by atoms with Gasteiger partial charge in [0.1, 0.15) is 5.39 Å². The Morgan fingerprint density at radius 2 is 1.76 bits per heavy atom. The van der Waals surface area contributed by atoms with Crippen molar-refractivity contribution in [2.24, 2.45) is 0 Å². The second-order valence-electron chi connectivity index (χ2n) is 8.12. The normalized spacial score (nSPS) is 11.4. The highest BCUT2D eigenvalue weighted by Crippen LogP contribution is 2.33. The summed E-state index contributed by atoms with van der Waals surface area (Å²) in [6, 6.07) is 13.0. The van der Waals surface area contributed by atoms with Gasteiger partial charge in [-0.3, -0.25) is 9.20 Å². The maximum atomic E-state index is 13.5. The van der Waals surface area contributed by atoms with E-state index in [0.717, 1.165) is 27.0 Å². The fourth-order valence-corrected chi connectivity index (χ4v) is 5.61. The van der Waals surface area contributed by atoms with Crippen LogP contribution in [0.5, 0.6) is 0 Å². The number of aromatic nitrogens is 6. The summed E-state index contributed by atoms with van der Waals surface area (Å²) >= 11 is 14.4. The van der Waals surface area contributed by atoms with Crippen molar-refractivity contribution in [2.45, 2.75) is 6.92 Å². The molecule has 0 unspecified atom stereocenters. The van der Waals surface area contributed by atoms with E-state index in [-0.39, 0.29) is 5.56 Å². The van der Waals surface area contributed by atoms with E-state index in [1.54, 1.807) is 46.3 Å². The number of para-hydroxylation sites is 1. The molecule has 0 spiro atoms. The van der Waals surface area contributed by atoms with Gasteiger partial charge in [-0.1, -0.05) is 52.7 Å². The molecule has 2 N–H and O–H groups in total. The molecule has 12 heteroatoms. The summed E-state index contributed by atoms with van der Waals surface area (Å²) in [7, 11) is 1.86. The topological polar surface area (TPSA) is 102 Å². The number of hydrogen-bond acceptors (Lipinski definition) is 8. The number of nitrogens with zero attached hydrogens (tertiary/aromatic N) is 6. The van der Waals surface area contributed by atoms with Gasteiger partial charge in [0, 0.05) is 31.3 Å². The molecule has 0 atom stereocenters. The number of fused-ring (bicyclic) bond motifs is 3. The van der Waals surface area contributed by atoms with E-state index in [0.29, 0.717) is 38.5 Å². The van der Waals surface area contributed by atoms with Crippen molar-refractivity contribution >= 4 is 68.1 Å². The second-order valence-corrected chi connectivity index (χ2v) is 9.94. The number of anilines is 3. The molecule has 0 amide bonds. The van der Waals surface area contributed by atoms with E-state index in [1.165, 1.54) is 10.8 Å². The molecular weight excluding hydrogens is 531 g/mol. The van der Waals surface area contributed by atoms with Crippen LogP contribution in [-0.4, -0.2) is 36.0 Å². The molecule has 0 aliphatic heterocycles. The Bertz CT molecular complexity index is 1840. The van der Waals surface area contributed by atoms with Gasteiger partial charge in [-0.15, -0.1) is 0 Å². The van der Waals surface area contributed by atoms with Gasteiger partial charge in [0.25, 0.3) is 5.56 Å². The first-order chi connectivity index (χ1) is 17.9. The molecule has 0 radical (unpaired) electrons. The molecule has 9 nitrogen and oxygen atoms in total. The highest BCUT2D eigenvalue weighted by atomic mass is 35.5. The van der Waals surface area contributed by atoms with E-state index in [4.69, 9.17) is 23.2 Å². The maximum Gasteiger partial charge on any atom is 0.270 e. The van der Waals surface area contributed by atoms with Gasteiger partial charge in [0.2, 0.25) is 11.7 Å². The van der Waals surface area contributed by atoms with Crippen LogP contribution in [0.1, 0.15) is 5.69 Å². The number of benzene rings is 2. The summed E-state index contributed by atoms with van der Waals surface area (Å²) in [5.74, 6) is 0.678. The van der Waals surface area contributed by atoms with E-state index < -0.39 is 0 Å². The maximum absolute atomic E-state index is 13.5. The lowest BCUT2D eigenvalue weighted by atomic mass is 10.1. The van der Waals surface area contributed by atoms with E-state index >= 15 is 0 Å². The average Bonchev–Trinajstić information content (AvgIpc) is 3.53. The highest BCUT2D eigenvalue weighted by Gasteiger charge is 2.19. The predicted molar refractivity (Wildman–Crippen MR) is 149 cm³/mol. The molecule has 0 saturated carbocycles. The molecule has 0 aliphatic carbocycles. The number of imidazole rings is 1. The van der Waals surface area contributed by atoms with Crippen LogP contribution < -0.4 is 16.2 Å². The minimum Gasteiger partial charge on any atom is -0.365 e. The zero-order valence-corrected chi connectivity index (χ0v) is 21.9. The van der Waals surface area contributed by atoms with Gasteiger partial charge in [-0.25, -0.2) is 19.5 Å². The van der Waals surface area contributed by atoms with Crippen molar-refractivity contribution in [3.63, 3.8) is 0 Å². The molecule has 0 bridgehead atoms. The lowest BCUT2D eigenvalue weighted by Crippen LogP contribution is -2.23. The van der Waals surface area contributed by atoms with Gasteiger partial charge >= 0.3 is 0 Å². The van der Waals surface area contributed by atoms with Crippen molar-refractivity contribution < 1.29 is 0 Å². The number of thiazole rings is 1. The summed E-state index contributed by atoms with van der Waals surface area (Å²) in [4.78, 5) is 32.5. The third kappa shape index (κ3) is 3.99. The number of halogens is 2. The molecule has 184 valence electrons. The first-order valence-corrected chi connectivity index (χ1v) is 12.7. The summed E-state index contributed by atoms with van der Waals surface area (Å²) in [5, 5.41) is 8.13. The molecule has 37 heavy (non-hydrogen) atoms. The van der Waals surface area contributed by atoms with E-state index in [9.17, 15) is 4.79 Å². The summed E-state index contributed by atoms with van der Waals surface area (Å²) < 4.78 is 3.08. The monoisotopic (exact) mass is 548 g/mol. The Balaban J connectivity index is 1.40. The standard InChI is InChI=1S/C25H18Cl2N8OS/c1-13-20(37-24(28-2)31-13)14-6-8-15(9-7-14)32-23-30-12-16-21(33-23)34-11-10-29-25(34)35(22(16)36)19-17(26)4-3-5-18(19)27/h3-12H,1-2H3,(H,28,31)(H,30,32,33). The Labute approximate surface area is 224 Å². The number of rotatable bonds is 5. The van der Waals surface area contributed by atoms with Crippen LogP contribution in [0.3, 0.4) is 0 Å². The van der Waals surface area contributed by atoms with Gasteiger partial charge < -0.3 is 10.6 Å². The first kappa shape index (κ1) is 23.4. The zero-order chi connectivity index (χ0) is 25.7. The molecule has 4 aromatic heterocycles. The molecule has 0 saturated heterocycles. The minimum atomic E-state index is -0.375. The van der Waals surface area contributed by atoms with Crippen LogP contribution in [0.2, 0.25) is 10.0 Å². The minimum absolute atomic E-state index is 0.295. The van der Waals surface area contributed by atoms with Crippen LogP contribution in [0.15, 0.2) is 65.8 Å². The summed E-state index contributed by atoms with van der Waals surface area (Å²) in [6.07, 6.45) is 4.80. The SMILES string of the molecule is CNc1nc(C)c(-c2ccc(Nc3ncc4c(=O)n(-c5c(Cl)cccc5Cl)c5nccn5c4n3)cc2)s1. The summed E-state index contributed by atoms with van der Waals surface area (Å²) in [6.45, 7) is 1.99. The molecule has 6 aromatic rings. The van der Waals surface area contributed by atoms with Crippen molar-refractivity contribution in [2.75, 3.05) is 17.7 Å². The van der Waals surface area contributed by atoms with Gasteiger partial charge in [0.05, 0.1) is 26.3 Å². The van der Waals surface area contributed by atoms with Gasteiger partial charge in [-0.2, -0.15) is 4.98 Å². The van der Waals surface area contributed by atoms with Crippen molar-refractivity contribution in [1.29, 1.82) is 0 Å². The van der Waals surface area contributed by atoms with E-state index in [2.05, 4.69) is 30.6 Å². The lowest BCUT2D eigenvalue weighted by molar-refractivity contribution is 0.962. The highest BCUT2D eigenvalue weighted by molar-refractivity contribution is 7.19. The van der Waals surface area contributed by atoms with Crippen molar-refractivity contribution in [3.8, 4) is 16.1 Å². The first-order valence-electron chi connectivity index (χ1n) is 11.2. The Morgan fingerprint density at radius 1 is 1.00 bits per heavy atom. The molecule has 0 fully saturated rings. The van der Waals surface area contributed by atoms with Gasteiger partial charge in [-0.05, 0) is 36.8 Å². The molecule has 0 aliphatic rings.